The van der Waals surface area contributed by atoms with Crippen LogP contribution in [-0.4, -0.2) is 55.6 Å². The molecule has 0 N–H and O–H groups in total. The Hall–Kier alpha value is -3.20. The number of carbonyl (C=O) groups excluding carboxylic acids is 4. The van der Waals surface area contributed by atoms with Crippen LogP contribution >= 0.6 is 15.9 Å². The van der Waals surface area contributed by atoms with Crippen molar-refractivity contribution >= 4 is 39.7 Å². The Labute approximate surface area is 220 Å². The van der Waals surface area contributed by atoms with Crippen LogP contribution in [0.2, 0.25) is 0 Å². The van der Waals surface area contributed by atoms with Crippen LogP contribution in [0.4, 0.5) is 0 Å². The minimum atomic E-state index is -0.604. The van der Waals surface area contributed by atoms with Gasteiger partial charge in [0.15, 0.2) is 6.04 Å². The fourth-order valence-corrected chi connectivity index (χ4v) is 4.34. The van der Waals surface area contributed by atoms with Crippen molar-refractivity contribution in [2.75, 3.05) is 26.9 Å². The molecule has 36 heavy (non-hydrogen) atoms. The molecule has 1 aliphatic heterocycles. The van der Waals surface area contributed by atoms with E-state index in [-0.39, 0.29) is 30.2 Å². The number of nitrogens with zero attached hydrogens (tertiary/aromatic N) is 1. The van der Waals surface area contributed by atoms with Crippen molar-refractivity contribution in [1.82, 2.24) is 4.90 Å². The zero-order chi connectivity index (χ0) is 26.7. The van der Waals surface area contributed by atoms with Gasteiger partial charge in [-0.25, -0.2) is 4.79 Å². The molecule has 1 amide bonds. The van der Waals surface area contributed by atoms with Crippen molar-refractivity contribution in [3.8, 4) is 0 Å². The molecule has 0 aliphatic carbocycles. The van der Waals surface area contributed by atoms with Crippen molar-refractivity contribution in [3.63, 3.8) is 0 Å². The van der Waals surface area contributed by atoms with E-state index in [4.69, 9.17) is 14.2 Å². The molecule has 2 aromatic carbocycles. The Morgan fingerprint density at radius 3 is 2.22 bits per heavy atom. The summed E-state index contributed by atoms with van der Waals surface area (Å²) in [5, 5.41) is 0. The SMILES string of the molecule is CCOC(=O)C1c2ccccc2CC(=O)N1C.CCOC(=O)Cc1ccccc1C(Br)C(=O)OCC. The Kier molecular flexibility index (Phi) is 11.6. The highest BCUT2D eigenvalue weighted by Crippen LogP contribution is 2.30. The van der Waals surface area contributed by atoms with E-state index in [0.29, 0.717) is 26.2 Å². The first-order valence-electron chi connectivity index (χ1n) is 11.8. The van der Waals surface area contributed by atoms with Gasteiger partial charge in [-0.1, -0.05) is 64.5 Å². The summed E-state index contributed by atoms with van der Waals surface area (Å²) in [5.74, 6) is -1.09. The first kappa shape index (κ1) is 29.0. The van der Waals surface area contributed by atoms with Crippen LogP contribution in [0.1, 0.15) is 53.9 Å². The standard InChI is InChI=1S/C14H17BrO4.C13H15NO3/c1-3-18-12(16)9-10-7-5-6-8-11(10)13(15)14(17)19-4-2;1-3-17-13(16)12-10-7-5-4-6-9(10)8-11(15)14(12)2/h5-8,13H,3-4,9H2,1-2H3;4-7,12H,3,8H2,1-2H3. The van der Waals surface area contributed by atoms with E-state index in [1.54, 1.807) is 40.0 Å². The van der Waals surface area contributed by atoms with Crippen LogP contribution in [0.15, 0.2) is 48.5 Å². The predicted molar refractivity (Wildman–Crippen MR) is 137 cm³/mol. The molecule has 2 atom stereocenters. The maximum Gasteiger partial charge on any atom is 0.333 e. The van der Waals surface area contributed by atoms with Crippen LogP contribution in [-0.2, 0) is 46.2 Å². The predicted octanol–water partition coefficient (Wildman–Crippen LogP) is 4.10. The highest BCUT2D eigenvalue weighted by atomic mass is 79.9. The van der Waals surface area contributed by atoms with Crippen LogP contribution in [0, 0.1) is 0 Å². The molecule has 0 aromatic heterocycles. The highest BCUT2D eigenvalue weighted by molar-refractivity contribution is 9.09. The van der Waals surface area contributed by atoms with Crippen LogP contribution < -0.4 is 0 Å². The maximum absolute atomic E-state index is 11.9. The van der Waals surface area contributed by atoms with Gasteiger partial charge in [0.2, 0.25) is 5.91 Å². The number of alkyl halides is 1. The number of fused-ring (bicyclic) bond motifs is 1. The van der Waals surface area contributed by atoms with E-state index in [1.807, 2.05) is 36.4 Å². The zero-order valence-electron chi connectivity index (χ0n) is 21.0. The molecule has 0 fully saturated rings. The summed E-state index contributed by atoms with van der Waals surface area (Å²) in [6, 6.07) is 14.1. The van der Waals surface area contributed by atoms with Gasteiger partial charge in [0.25, 0.3) is 0 Å². The summed E-state index contributed by atoms with van der Waals surface area (Å²) in [6.45, 7) is 6.25. The van der Waals surface area contributed by atoms with Gasteiger partial charge >= 0.3 is 17.9 Å². The van der Waals surface area contributed by atoms with Crippen molar-refractivity contribution < 1.29 is 33.4 Å². The van der Waals surface area contributed by atoms with Crippen LogP contribution in [0.5, 0.6) is 0 Å². The van der Waals surface area contributed by atoms with Crippen LogP contribution in [0.3, 0.4) is 0 Å². The van der Waals surface area contributed by atoms with E-state index < -0.39 is 10.9 Å². The second kappa shape index (κ2) is 14.4. The van der Waals surface area contributed by atoms with Gasteiger partial charge < -0.3 is 19.1 Å². The maximum atomic E-state index is 11.9. The fourth-order valence-electron chi connectivity index (χ4n) is 3.76. The molecule has 1 heterocycles. The normalized spacial score (nSPS) is 15.1. The largest absolute Gasteiger partial charge is 0.466 e. The molecule has 0 bridgehead atoms. The van der Waals surface area contributed by atoms with Gasteiger partial charge in [-0.15, -0.1) is 0 Å². The summed E-state index contributed by atoms with van der Waals surface area (Å²) in [7, 11) is 1.64. The summed E-state index contributed by atoms with van der Waals surface area (Å²) < 4.78 is 14.9. The monoisotopic (exact) mass is 561 g/mol. The molecule has 0 spiro atoms. The van der Waals surface area contributed by atoms with E-state index >= 15 is 0 Å². The number of amides is 1. The second-order valence-electron chi connectivity index (χ2n) is 7.83. The van der Waals surface area contributed by atoms with Gasteiger partial charge in [-0.2, -0.15) is 0 Å². The molecule has 1 aliphatic rings. The van der Waals surface area contributed by atoms with Gasteiger partial charge in [0, 0.05) is 7.05 Å². The summed E-state index contributed by atoms with van der Waals surface area (Å²) in [6.07, 6.45) is 0.494. The van der Waals surface area contributed by atoms with Crippen molar-refractivity contribution in [3.05, 3.63) is 70.8 Å². The minimum Gasteiger partial charge on any atom is -0.466 e. The van der Waals surface area contributed by atoms with Crippen molar-refractivity contribution in [2.45, 2.75) is 44.5 Å². The lowest BCUT2D eigenvalue weighted by atomic mass is 9.92. The van der Waals surface area contributed by atoms with Gasteiger partial charge in [-0.05, 0) is 43.0 Å². The Bertz CT molecular complexity index is 1070. The number of halogens is 1. The van der Waals surface area contributed by atoms with Crippen molar-refractivity contribution in [2.24, 2.45) is 0 Å². The quantitative estimate of drug-likeness (QED) is 0.272. The third-order valence-electron chi connectivity index (χ3n) is 5.44. The number of hydrogen-bond acceptors (Lipinski definition) is 7. The summed E-state index contributed by atoms with van der Waals surface area (Å²) in [5.41, 5.74) is 3.27. The average molecular weight is 562 g/mol. The fraction of sp³-hybridized carbons (Fsp3) is 0.407. The molecule has 0 saturated carbocycles. The molecule has 2 unspecified atom stereocenters. The Balaban J connectivity index is 0.000000255. The number of ether oxygens (including phenoxy) is 3. The molecule has 0 saturated heterocycles. The third kappa shape index (κ3) is 7.65. The minimum absolute atomic E-state index is 0.0539. The molecule has 3 rings (SSSR count). The highest BCUT2D eigenvalue weighted by Gasteiger charge is 2.35. The van der Waals surface area contributed by atoms with E-state index in [2.05, 4.69) is 15.9 Å². The molecule has 194 valence electrons. The number of rotatable bonds is 8. The van der Waals surface area contributed by atoms with Gasteiger partial charge in [0.05, 0.1) is 32.7 Å². The van der Waals surface area contributed by atoms with E-state index in [0.717, 1.165) is 22.3 Å². The number of likely N-dealkylation sites (N-methyl/N-ethyl adjacent to an activating group) is 1. The van der Waals surface area contributed by atoms with Crippen LogP contribution in [0.25, 0.3) is 0 Å². The van der Waals surface area contributed by atoms with E-state index in [1.165, 1.54) is 4.90 Å². The molecular weight excluding hydrogens is 530 g/mol. The lowest BCUT2D eigenvalue weighted by Crippen LogP contribution is -2.41. The number of carbonyl (C=O) groups is 4. The Morgan fingerprint density at radius 1 is 0.944 bits per heavy atom. The summed E-state index contributed by atoms with van der Waals surface area (Å²) in [4.78, 5) is 47.8. The first-order chi connectivity index (χ1) is 17.2. The zero-order valence-corrected chi connectivity index (χ0v) is 22.6. The van der Waals surface area contributed by atoms with E-state index in [9.17, 15) is 19.2 Å². The number of benzene rings is 2. The lowest BCUT2D eigenvalue weighted by Gasteiger charge is -2.32. The van der Waals surface area contributed by atoms with Gasteiger partial charge in [-0.3, -0.25) is 14.4 Å². The first-order valence-corrected chi connectivity index (χ1v) is 12.7. The summed E-state index contributed by atoms with van der Waals surface area (Å²) >= 11 is 3.31. The molecule has 9 heteroatoms. The number of hydrogen-bond donors (Lipinski definition) is 0. The lowest BCUT2D eigenvalue weighted by molar-refractivity contribution is -0.154. The molecule has 2 aromatic rings. The van der Waals surface area contributed by atoms with Gasteiger partial charge in [0.1, 0.15) is 4.83 Å². The average Bonchev–Trinajstić information content (AvgIpc) is 2.85. The third-order valence-corrected chi connectivity index (χ3v) is 6.31. The smallest absolute Gasteiger partial charge is 0.333 e. The van der Waals surface area contributed by atoms with Crippen molar-refractivity contribution in [1.29, 1.82) is 0 Å². The second-order valence-corrected chi connectivity index (χ2v) is 8.75. The molecule has 0 radical (unpaired) electrons. The number of esters is 3. The Morgan fingerprint density at radius 2 is 1.56 bits per heavy atom. The molecule has 8 nitrogen and oxygen atoms in total. The topological polar surface area (TPSA) is 99.2 Å². The molecular formula is C27H32BrNO7.